The lowest BCUT2D eigenvalue weighted by molar-refractivity contribution is 0.477. The minimum absolute atomic E-state index is 0.0330. The molecule has 0 radical (unpaired) electrons. The molecule has 0 fully saturated rings. The average molecular weight is 354 g/mol. The fourth-order valence-electron chi connectivity index (χ4n) is 2.25. The van der Waals surface area contributed by atoms with Crippen LogP contribution in [0.4, 0.5) is 8.78 Å². The van der Waals surface area contributed by atoms with E-state index in [0.717, 1.165) is 29.1 Å². The van der Waals surface area contributed by atoms with Crippen LogP contribution < -0.4 is 5.32 Å². The summed E-state index contributed by atoms with van der Waals surface area (Å²) in [5, 5.41) is 3.40. The Balaban J connectivity index is 2.23. The largest absolute Gasteiger partial charge is 0.310 e. The maximum absolute atomic E-state index is 13.9. The topological polar surface area (TPSA) is 12.0 Å². The zero-order valence-corrected chi connectivity index (χ0v) is 13.5. The van der Waals surface area contributed by atoms with Crippen molar-refractivity contribution in [3.05, 3.63) is 69.7 Å². The molecule has 0 amide bonds. The first-order valence-corrected chi connectivity index (χ1v) is 7.83. The average Bonchev–Trinajstić information content (AvgIpc) is 2.49. The van der Waals surface area contributed by atoms with Crippen LogP contribution >= 0.6 is 15.9 Å². The van der Waals surface area contributed by atoms with Crippen molar-refractivity contribution >= 4 is 15.9 Å². The van der Waals surface area contributed by atoms with Gasteiger partial charge in [-0.3, -0.25) is 0 Å². The van der Waals surface area contributed by atoms with Gasteiger partial charge in [-0.05, 0) is 48.7 Å². The summed E-state index contributed by atoms with van der Waals surface area (Å²) in [5.41, 5.74) is 1.46. The smallest absolute Gasteiger partial charge is 0.162 e. The third-order valence-corrected chi connectivity index (χ3v) is 3.90. The third-order valence-electron chi connectivity index (χ3n) is 3.37. The van der Waals surface area contributed by atoms with Gasteiger partial charge in [0, 0.05) is 10.5 Å². The Hall–Kier alpha value is -1.26. The molecule has 0 bridgehead atoms. The number of hydrogen-bond donors (Lipinski definition) is 1. The number of nitrogens with one attached hydrogen (secondary N) is 1. The highest BCUT2D eigenvalue weighted by molar-refractivity contribution is 9.10. The van der Waals surface area contributed by atoms with E-state index in [4.69, 9.17) is 0 Å². The first kappa shape index (κ1) is 16.1. The molecule has 0 saturated heterocycles. The van der Waals surface area contributed by atoms with Crippen molar-refractivity contribution in [2.45, 2.75) is 25.8 Å². The number of rotatable bonds is 6. The van der Waals surface area contributed by atoms with E-state index in [1.165, 1.54) is 0 Å². The number of hydrogen-bond acceptors (Lipinski definition) is 1. The van der Waals surface area contributed by atoms with Crippen molar-refractivity contribution < 1.29 is 8.78 Å². The second kappa shape index (κ2) is 7.66. The van der Waals surface area contributed by atoms with Gasteiger partial charge in [0.2, 0.25) is 0 Å². The molecule has 2 aromatic carbocycles. The van der Waals surface area contributed by atoms with Gasteiger partial charge in [-0.1, -0.05) is 47.1 Å². The van der Waals surface area contributed by atoms with Gasteiger partial charge >= 0.3 is 0 Å². The Morgan fingerprint density at radius 1 is 1.10 bits per heavy atom. The quantitative estimate of drug-likeness (QED) is 0.769. The molecular formula is C17H18BrF2N. The molecule has 0 aliphatic carbocycles. The maximum Gasteiger partial charge on any atom is 0.162 e. The van der Waals surface area contributed by atoms with Gasteiger partial charge in [0.25, 0.3) is 0 Å². The van der Waals surface area contributed by atoms with E-state index in [0.29, 0.717) is 12.0 Å². The van der Waals surface area contributed by atoms with Gasteiger partial charge in [-0.25, -0.2) is 8.78 Å². The van der Waals surface area contributed by atoms with Crippen LogP contribution in [0.1, 0.15) is 30.5 Å². The summed E-state index contributed by atoms with van der Waals surface area (Å²) in [6, 6.07) is 12.2. The van der Waals surface area contributed by atoms with Crippen LogP contribution in [-0.2, 0) is 6.42 Å². The summed E-state index contributed by atoms with van der Waals surface area (Å²) in [5.74, 6) is -1.55. The molecule has 0 saturated carbocycles. The van der Waals surface area contributed by atoms with Gasteiger partial charge in [0.15, 0.2) is 11.6 Å². The van der Waals surface area contributed by atoms with Crippen LogP contribution in [0.2, 0.25) is 0 Å². The summed E-state index contributed by atoms with van der Waals surface area (Å²) in [4.78, 5) is 0. The minimum atomic E-state index is -0.794. The predicted molar refractivity (Wildman–Crippen MR) is 85.2 cm³/mol. The molecule has 0 aromatic heterocycles. The Labute approximate surface area is 132 Å². The molecule has 0 spiro atoms. The molecule has 21 heavy (non-hydrogen) atoms. The lowest BCUT2D eigenvalue weighted by atomic mass is 9.98. The Kier molecular flexibility index (Phi) is 5.88. The first-order chi connectivity index (χ1) is 10.1. The standard InChI is InChI=1S/C17H18BrF2N/c1-2-10-21-16(12-6-8-14(18)9-7-12)11-13-4-3-5-15(19)17(13)20/h3-9,16,21H,2,10-11H2,1H3. The summed E-state index contributed by atoms with van der Waals surface area (Å²) >= 11 is 3.41. The van der Waals surface area contributed by atoms with Crippen LogP contribution in [0.3, 0.4) is 0 Å². The van der Waals surface area contributed by atoms with Crippen LogP contribution in [0.15, 0.2) is 46.9 Å². The van der Waals surface area contributed by atoms with Crippen LogP contribution in [-0.4, -0.2) is 6.54 Å². The molecular weight excluding hydrogens is 336 g/mol. The van der Waals surface area contributed by atoms with Crippen LogP contribution in [0, 0.1) is 11.6 Å². The molecule has 2 rings (SSSR count). The van der Waals surface area contributed by atoms with Gasteiger partial charge in [0.05, 0.1) is 0 Å². The molecule has 4 heteroatoms. The van der Waals surface area contributed by atoms with Crippen molar-refractivity contribution in [3.63, 3.8) is 0 Å². The summed E-state index contributed by atoms with van der Waals surface area (Å²) in [6.45, 7) is 2.91. The van der Waals surface area contributed by atoms with E-state index in [2.05, 4.69) is 28.2 Å². The molecule has 1 nitrogen and oxygen atoms in total. The second-order valence-corrected chi connectivity index (χ2v) is 5.89. The van der Waals surface area contributed by atoms with E-state index in [1.807, 2.05) is 24.3 Å². The van der Waals surface area contributed by atoms with E-state index in [9.17, 15) is 8.78 Å². The molecule has 0 aliphatic heterocycles. The monoisotopic (exact) mass is 353 g/mol. The molecule has 2 aromatic rings. The van der Waals surface area contributed by atoms with E-state index in [-0.39, 0.29) is 6.04 Å². The van der Waals surface area contributed by atoms with Crippen LogP contribution in [0.5, 0.6) is 0 Å². The molecule has 0 aliphatic rings. The van der Waals surface area contributed by atoms with Crippen molar-refractivity contribution in [1.29, 1.82) is 0 Å². The lowest BCUT2D eigenvalue weighted by Gasteiger charge is -2.19. The predicted octanol–water partition coefficient (Wildman–Crippen LogP) is 5.01. The second-order valence-electron chi connectivity index (χ2n) is 4.98. The van der Waals surface area contributed by atoms with E-state index < -0.39 is 11.6 Å². The molecule has 0 heterocycles. The number of benzene rings is 2. The van der Waals surface area contributed by atoms with Gasteiger partial charge in [-0.15, -0.1) is 0 Å². The Bertz CT molecular complexity index is 584. The summed E-state index contributed by atoms with van der Waals surface area (Å²) < 4.78 is 28.2. The molecule has 1 atom stereocenters. The third kappa shape index (κ3) is 4.35. The van der Waals surface area contributed by atoms with E-state index in [1.54, 1.807) is 12.1 Å². The van der Waals surface area contributed by atoms with E-state index >= 15 is 0 Å². The zero-order chi connectivity index (χ0) is 15.2. The van der Waals surface area contributed by atoms with Gasteiger partial charge in [0.1, 0.15) is 0 Å². The fraction of sp³-hybridized carbons (Fsp3) is 0.294. The molecule has 112 valence electrons. The molecule has 1 unspecified atom stereocenters. The van der Waals surface area contributed by atoms with Gasteiger partial charge in [-0.2, -0.15) is 0 Å². The lowest BCUT2D eigenvalue weighted by Crippen LogP contribution is -2.24. The first-order valence-electron chi connectivity index (χ1n) is 7.03. The fourth-order valence-corrected chi connectivity index (χ4v) is 2.51. The SMILES string of the molecule is CCCNC(Cc1cccc(F)c1F)c1ccc(Br)cc1. The summed E-state index contributed by atoms with van der Waals surface area (Å²) in [7, 11) is 0. The highest BCUT2D eigenvalue weighted by atomic mass is 79.9. The Morgan fingerprint density at radius 3 is 2.48 bits per heavy atom. The van der Waals surface area contributed by atoms with Crippen molar-refractivity contribution in [2.75, 3.05) is 6.54 Å². The minimum Gasteiger partial charge on any atom is -0.310 e. The maximum atomic E-state index is 13.9. The van der Waals surface area contributed by atoms with Crippen molar-refractivity contribution in [2.24, 2.45) is 0 Å². The number of halogens is 3. The zero-order valence-electron chi connectivity index (χ0n) is 11.9. The normalized spacial score (nSPS) is 12.4. The molecule has 1 N–H and O–H groups in total. The van der Waals surface area contributed by atoms with Crippen molar-refractivity contribution in [3.8, 4) is 0 Å². The highest BCUT2D eigenvalue weighted by Gasteiger charge is 2.15. The summed E-state index contributed by atoms with van der Waals surface area (Å²) in [6.07, 6.45) is 1.41. The highest BCUT2D eigenvalue weighted by Crippen LogP contribution is 2.23. The van der Waals surface area contributed by atoms with Crippen LogP contribution in [0.25, 0.3) is 0 Å². The Morgan fingerprint density at radius 2 is 1.81 bits per heavy atom. The van der Waals surface area contributed by atoms with Gasteiger partial charge < -0.3 is 5.32 Å². The van der Waals surface area contributed by atoms with Crippen molar-refractivity contribution in [1.82, 2.24) is 5.32 Å².